The highest BCUT2D eigenvalue weighted by atomic mass is 35.5. The van der Waals surface area contributed by atoms with E-state index in [1.807, 2.05) is 0 Å². The molecule has 1 fully saturated rings. The maximum Gasteiger partial charge on any atom is 0.267 e. The van der Waals surface area contributed by atoms with Crippen LogP contribution in [0.1, 0.15) is 16.8 Å². The molecule has 0 aliphatic carbocycles. The Morgan fingerprint density at radius 3 is 2.62 bits per heavy atom. The van der Waals surface area contributed by atoms with Crippen molar-refractivity contribution in [2.24, 2.45) is 0 Å². The van der Waals surface area contributed by atoms with Crippen LogP contribution < -0.4 is 5.56 Å². The van der Waals surface area contributed by atoms with Gasteiger partial charge in [0.1, 0.15) is 5.69 Å². The topological polar surface area (TPSA) is 83.9 Å². The zero-order valence-electron chi connectivity index (χ0n) is 16.6. The summed E-state index contributed by atoms with van der Waals surface area (Å²) in [4.78, 5) is 28.9. The SMILES string of the molecule is O=C(c1ccc(-n2cc(-c3cc4cc(Cl)ccc4[nH]c3=O)nn2)cc1)N1CCC(F)(F)C1. The van der Waals surface area contributed by atoms with Crippen LogP contribution in [0.2, 0.25) is 5.02 Å². The number of nitrogens with one attached hydrogen (secondary N) is 1. The number of amides is 1. The van der Waals surface area contributed by atoms with Gasteiger partial charge in [0.15, 0.2) is 0 Å². The quantitative estimate of drug-likeness (QED) is 0.507. The van der Waals surface area contributed by atoms with Gasteiger partial charge in [0.05, 0.1) is 24.0 Å². The van der Waals surface area contributed by atoms with Gasteiger partial charge in [-0.25, -0.2) is 13.5 Å². The number of halogens is 3. The van der Waals surface area contributed by atoms with Crippen molar-refractivity contribution in [3.63, 3.8) is 0 Å². The Bertz CT molecular complexity index is 1400. The fourth-order valence-corrected chi connectivity index (χ4v) is 3.91. The van der Waals surface area contributed by atoms with Gasteiger partial charge in [0.2, 0.25) is 0 Å². The molecule has 1 saturated heterocycles. The number of hydrogen-bond donors (Lipinski definition) is 1. The molecule has 3 heterocycles. The van der Waals surface area contributed by atoms with E-state index in [0.717, 1.165) is 10.3 Å². The Kier molecular flexibility index (Phi) is 4.78. The molecular formula is C22H16ClF2N5O2. The van der Waals surface area contributed by atoms with Crippen LogP contribution in [0.3, 0.4) is 0 Å². The van der Waals surface area contributed by atoms with Crippen molar-refractivity contribution in [3.8, 4) is 16.9 Å². The first kappa shape index (κ1) is 20.3. The molecule has 0 saturated carbocycles. The molecule has 0 radical (unpaired) electrons. The number of alkyl halides is 2. The van der Waals surface area contributed by atoms with Gasteiger partial charge in [-0.2, -0.15) is 0 Å². The highest BCUT2D eigenvalue weighted by Gasteiger charge is 2.40. The number of hydrogen-bond acceptors (Lipinski definition) is 4. The van der Waals surface area contributed by atoms with Gasteiger partial charge in [0, 0.05) is 34.5 Å². The second kappa shape index (κ2) is 7.52. The number of pyridine rings is 1. The molecule has 5 rings (SSSR count). The summed E-state index contributed by atoms with van der Waals surface area (Å²) in [5.41, 5.74) is 1.98. The molecule has 162 valence electrons. The lowest BCUT2D eigenvalue weighted by Gasteiger charge is -2.16. The summed E-state index contributed by atoms with van der Waals surface area (Å²) < 4.78 is 28.2. The van der Waals surface area contributed by atoms with Gasteiger partial charge in [0.25, 0.3) is 17.4 Å². The molecule has 0 bridgehead atoms. The van der Waals surface area contributed by atoms with E-state index in [1.54, 1.807) is 54.7 Å². The first-order valence-electron chi connectivity index (χ1n) is 9.82. The number of aromatic nitrogens is 4. The minimum Gasteiger partial charge on any atom is -0.332 e. The van der Waals surface area contributed by atoms with Crippen LogP contribution in [0, 0.1) is 0 Å². The first-order valence-corrected chi connectivity index (χ1v) is 10.2. The Balaban J connectivity index is 1.40. The summed E-state index contributed by atoms with van der Waals surface area (Å²) in [6.07, 6.45) is 1.28. The Morgan fingerprint density at radius 2 is 1.91 bits per heavy atom. The number of benzene rings is 2. The van der Waals surface area contributed by atoms with Crippen molar-refractivity contribution in [3.05, 3.63) is 75.7 Å². The lowest BCUT2D eigenvalue weighted by atomic mass is 10.1. The van der Waals surface area contributed by atoms with Crippen LogP contribution in [-0.2, 0) is 0 Å². The van der Waals surface area contributed by atoms with E-state index >= 15 is 0 Å². The van der Waals surface area contributed by atoms with E-state index in [0.29, 0.717) is 33.0 Å². The monoisotopic (exact) mass is 455 g/mol. The molecule has 32 heavy (non-hydrogen) atoms. The number of aromatic amines is 1. The van der Waals surface area contributed by atoms with Gasteiger partial charge in [-0.05, 0) is 48.5 Å². The number of nitrogens with zero attached hydrogens (tertiary/aromatic N) is 4. The molecule has 0 spiro atoms. The van der Waals surface area contributed by atoms with Gasteiger partial charge >= 0.3 is 0 Å². The van der Waals surface area contributed by atoms with E-state index in [4.69, 9.17) is 11.6 Å². The predicted molar refractivity (Wildman–Crippen MR) is 115 cm³/mol. The zero-order valence-corrected chi connectivity index (χ0v) is 17.3. The standard InChI is InChI=1S/C22H16ClF2N5O2/c23-15-3-6-18-14(9-15)10-17(20(31)26-18)19-11-30(28-27-19)16-4-1-13(2-5-16)21(32)29-8-7-22(24,25)12-29/h1-6,9-11H,7-8,12H2,(H,26,31). The third-order valence-corrected chi connectivity index (χ3v) is 5.65. The average Bonchev–Trinajstić information content (AvgIpc) is 3.40. The number of rotatable bonds is 3. The molecule has 2 aromatic heterocycles. The molecule has 2 aromatic carbocycles. The Hall–Kier alpha value is -3.59. The average molecular weight is 456 g/mol. The lowest BCUT2D eigenvalue weighted by Crippen LogP contribution is -2.31. The van der Waals surface area contributed by atoms with Gasteiger partial charge in [-0.1, -0.05) is 16.8 Å². The Labute approximate surface area is 185 Å². The second-order valence-electron chi connectivity index (χ2n) is 7.67. The van der Waals surface area contributed by atoms with E-state index in [-0.39, 0.29) is 18.5 Å². The second-order valence-corrected chi connectivity index (χ2v) is 8.11. The molecule has 1 aliphatic rings. The van der Waals surface area contributed by atoms with Crippen molar-refractivity contribution < 1.29 is 13.6 Å². The van der Waals surface area contributed by atoms with Crippen molar-refractivity contribution in [1.29, 1.82) is 0 Å². The van der Waals surface area contributed by atoms with Crippen molar-refractivity contribution >= 4 is 28.4 Å². The van der Waals surface area contributed by atoms with Crippen LogP contribution in [-0.4, -0.2) is 49.8 Å². The number of fused-ring (bicyclic) bond motifs is 1. The van der Waals surface area contributed by atoms with Crippen LogP contribution in [0.15, 0.2) is 59.5 Å². The molecule has 4 aromatic rings. The normalized spacial score (nSPS) is 15.4. The van der Waals surface area contributed by atoms with E-state index in [9.17, 15) is 18.4 Å². The summed E-state index contributed by atoms with van der Waals surface area (Å²) in [6.45, 7) is -0.531. The predicted octanol–water partition coefficient (Wildman–Crippen LogP) is 3.91. The molecule has 0 atom stereocenters. The zero-order chi connectivity index (χ0) is 22.5. The number of H-pyrrole nitrogens is 1. The van der Waals surface area contributed by atoms with Crippen LogP contribution in [0.4, 0.5) is 8.78 Å². The summed E-state index contributed by atoms with van der Waals surface area (Å²) in [5.74, 6) is -3.27. The van der Waals surface area contributed by atoms with Crippen molar-refractivity contribution in [1.82, 2.24) is 24.9 Å². The van der Waals surface area contributed by atoms with E-state index < -0.39 is 18.4 Å². The largest absolute Gasteiger partial charge is 0.332 e. The van der Waals surface area contributed by atoms with Crippen LogP contribution in [0.25, 0.3) is 27.8 Å². The maximum absolute atomic E-state index is 13.4. The van der Waals surface area contributed by atoms with Crippen LogP contribution >= 0.6 is 11.6 Å². The number of carbonyl (C=O) groups is 1. The summed E-state index contributed by atoms with van der Waals surface area (Å²) >= 11 is 6.04. The highest BCUT2D eigenvalue weighted by molar-refractivity contribution is 6.31. The molecule has 1 N–H and O–H groups in total. The molecule has 10 heteroatoms. The Morgan fingerprint density at radius 1 is 1.12 bits per heavy atom. The minimum absolute atomic E-state index is 0.0333. The summed E-state index contributed by atoms with van der Waals surface area (Å²) in [7, 11) is 0. The maximum atomic E-state index is 13.4. The first-order chi connectivity index (χ1) is 15.3. The summed E-state index contributed by atoms with van der Waals surface area (Å²) in [6, 6.07) is 13.3. The third-order valence-electron chi connectivity index (χ3n) is 5.41. The molecule has 0 unspecified atom stereocenters. The van der Waals surface area contributed by atoms with E-state index in [2.05, 4.69) is 15.3 Å². The van der Waals surface area contributed by atoms with E-state index in [1.165, 1.54) is 4.68 Å². The fourth-order valence-electron chi connectivity index (χ4n) is 3.73. The van der Waals surface area contributed by atoms with Gasteiger partial charge < -0.3 is 9.88 Å². The number of likely N-dealkylation sites (tertiary alicyclic amines) is 1. The molecular weight excluding hydrogens is 440 g/mol. The summed E-state index contributed by atoms with van der Waals surface area (Å²) in [5, 5.41) is 9.47. The third kappa shape index (κ3) is 3.75. The smallest absolute Gasteiger partial charge is 0.267 e. The lowest BCUT2D eigenvalue weighted by molar-refractivity contribution is 0.0120. The van der Waals surface area contributed by atoms with Gasteiger partial charge in [-0.15, -0.1) is 5.10 Å². The van der Waals surface area contributed by atoms with Crippen molar-refractivity contribution in [2.45, 2.75) is 12.3 Å². The molecule has 1 aliphatic heterocycles. The molecule has 7 nitrogen and oxygen atoms in total. The fraction of sp³-hybridized carbons (Fsp3) is 0.182. The van der Waals surface area contributed by atoms with Gasteiger partial charge in [-0.3, -0.25) is 9.59 Å². The highest BCUT2D eigenvalue weighted by Crippen LogP contribution is 2.28. The molecule has 1 amide bonds. The number of carbonyl (C=O) groups excluding carboxylic acids is 1. The van der Waals surface area contributed by atoms with Crippen LogP contribution in [0.5, 0.6) is 0 Å². The van der Waals surface area contributed by atoms with Crippen molar-refractivity contribution in [2.75, 3.05) is 13.1 Å². The minimum atomic E-state index is -2.83.